The quantitative estimate of drug-likeness (QED) is 0.345. The third kappa shape index (κ3) is 10.2. The van der Waals surface area contributed by atoms with Gasteiger partial charge in [0, 0.05) is 18.7 Å². The Balaban J connectivity index is 4.25. The normalized spacial score (nSPS) is 11.5. The zero-order valence-electron chi connectivity index (χ0n) is 16.8. The van der Waals surface area contributed by atoms with Crippen molar-refractivity contribution in [3.05, 3.63) is 12.2 Å². The third-order valence-electron chi connectivity index (χ3n) is 4.10. The van der Waals surface area contributed by atoms with E-state index in [0.29, 0.717) is 13.1 Å². The van der Waals surface area contributed by atoms with Crippen molar-refractivity contribution >= 4 is 17.8 Å². The van der Waals surface area contributed by atoms with Crippen molar-refractivity contribution in [1.82, 2.24) is 4.90 Å². The van der Waals surface area contributed by atoms with Crippen LogP contribution < -0.4 is 0 Å². The average Bonchev–Trinajstić information content (AvgIpc) is 2.60. The molecule has 0 heterocycles. The molecule has 0 saturated carbocycles. The maximum atomic E-state index is 12.0. The van der Waals surface area contributed by atoms with Gasteiger partial charge >= 0.3 is 11.9 Å². The molecule has 0 radical (unpaired) electrons. The topological polar surface area (TPSA) is 72.9 Å². The summed E-state index contributed by atoms with van der Waals surface area (Å²) in [4.78, 5) is 37.4. The van der Waals surface area contributed by atoms with Gasteiger partial charge in [0.05, 0.1) is 12.8 Å². The van der Waals surface area contributed by atoms with Crippen LogP contribution in [0.5, 0.6) is 0 Å². The molecule has 0 fully saturated rings. The van der Waals surface area contributed by atoms with Crippen LogP contribution in [0.1, 0.15) is 72.6 Å². The molecule has 6 nitrogen and oxygen atoms in total. The third-order valence-corrected chi connectivity index (χ3v) is 4.10. The Kier molecular flexibility index (Phi) is 13.3. The Morgan fingerprint density at radius 2 is 1.65 bits per heavy atom. The minimum atomic E-state index is -0.658. The first-order chi connectivity index (χ1) is 12.4. The Morgan fingerprint density at radius 1 is 1.00 bits per heavy atom. The highest BCUT2D eigenvalue weighted by atomic mass is 16.5. The van der Waals surface area contributed by atoms with Gasteiger partial charge in [0.15, 0.2) is 0 Å². The van der Waals surface area contributed by atoms with Gasteiger partial charge in [-0.1, -0.05) is 39.7 Å². The fraction of sp³-hybridized carbons (Fsp3) is 0.750. The van der Waals surface area contributed by atoms with Crippen LogP contribution in [0, 0.1) is 0 Å². The van der Waals surface area contributed by atoms with Crippen LogP contribution >= 0.6 is 0 Å². The standard InChI is InChI=1S/C20H35NO5/c1-6-10-12-17(11-7-2)26-19(23)15-16(5)20(24)25-14-13-18(22)21(8-3)9-4/h17H,5-15H2,1-4H3. The minimum absolute atomic E-state index is 0.0167. The van der Waals surface area contributed by atoms with Crippen LogP contribution in [0.15, 0.2) is 12.2 Å². The largest absolute Gasteiger partial charge is 0.462 e. The first-order valence-electron chi connectivity index (χ1n) is 9.71. The number of rotatable bonds is 14. The predicted octanol–water partition coefficient (Wildman–Crippen LogP) is 3.64. The number of carbonyl (C=O) groups is 3. The van der Waals surface area contributed by atoms with E-state index in [-0.39, 0.29) is 37.0 Å². The van der Waals surface area contributed by atoms with E-state index in [2.05, 4.69) is 13.5 Å². The molecule has 0 saturated heterocycles. The molecular weight excluding hydrogens is 334 g/mol. The van der Waals surface area contributed by atoms with Crippen molar-refractivity contribution in [3.8, 4) is 0 Å². The van der Waals surface area contributed by atoms with E-state index in [1.54, 1.807) is 4.90 Å². The van der Waals surface area contributed by atoms with Crippen molar-refractivity contribution in [3.63, 3.8) is 0 Å². The van der Waals surface area contributed by atoms with Crippen LogP contribution in [-0.4, -0.2) is 48.5 Å². The molecule has 0 aromatic heterocycles. The van der Waals surface area contributed by atoms with Crippen molar-refractivity contribution in [2.75, 3.05) is 19.7 Å². The zero-order valence-corrected chi connectivity index (χ0v) is 16.8. The average molecular weight is 370 g/mol. The van der Waals surface area contributed by atoms with Gasteiger partial charge in [-0.3, -0.25) is 9.59 Å². The Bertz CT molecular complexity index is 457. The molecule has 26 heavy (non-hydrogen) atoms. The molecule has 0 rings (SSSR count). The van der Waals surface area contributed by atoms with E-state index >= 15 is 0 Å². The van der Waals surface area contributed by atoms with E-state index in [0.717, 1.165) is 32.1 Å². The molecule has 150 valence electrons. The Labute approximate surface area is 157 Å². The maximum Gasteiger partial charge on any atom is 0.334 e. The van der Waals surface area contributed by atoms with Gasteiger partial charge < -0.3 is 14.4 Å². The summed E-state index contributed by atoms with van der Waals surface area (Å²) in [6, 6.07) is 0. The lowest BCUT2D eigenvalue weighted by Crippen LogP contribution is -2.31. The molecular formula is C20H35NO5. The van der Waals surface area contributed by atoms with Crippen molar-refractivity contribution in [1.29, 1.82) is 0 Å². The summed E-state index contributed by atoms with van der Waals surface area (Å²) in [6.45, 7) is 12.8. The van der Waals surface area contributed by atoms with E-state index in [9.17, 15) is 14.4 Å². The summed E-state index contributed by atoms with van der Waals surface area (Å²) in [5, 5.41) is 0. The molecule has 0 N–H and O–H groups in total. The number of esters is 2. The fourth-order valence-electron chi connectivity index (χ4n) is 2.56. The summed E-state index contributed by atoms with van der Waals surface area (Å²) < 4.78 is 10.5. The molecule has 0 aromatic rings. The lowest BCUT2D eigenvalue weighted by atomic mass is 10.1. The molecule has 0 bridgehead atoms. The molecule has 0 aliphatic rings. The lowest BCUT2D eigenvalue weighted by molar-refractivity contribution is -0.151. The number of ether oxygens (including phenoxy) is 2. The molecule has 0 aromatic carbocycles. The van der Waals surface area contributed by atoms with Crippen LogP contribution in [-0.2, 0) is 23.9 Å². The molecule has 0 aliphatic heterocycles. The Hall–Kier alpha value is -1.85. The zero-order chi connectivity index (χ0) is 19.9. The number of unbranched alkanes of at least 4 members (excludes halogenated alkanes) is 1. The van der Waals surface area contributed by atoms with Gasteiger partial charge in [-0.05, 0) is 26.7 Å². The predicted molar refractivity (Wildman–Crippen MR) is 102 cm³/mol. The second-order valence-corrected chi connectivity index (χ2v) is 6.28. The lowest BCUT2D eigenvalue weighted by Gasteiger charge is -2.18. The van der Waals surface area contributed by atoms with Crippen LogP contribution in [0.4, 0.5) is 0 Å². The van der Waals surface area contributed by atoms with E-state index in [1.807, 2.05) is 20.8 Å². The summed E-state index contributed by atoms with van der Waals surface area (Å²) in [7, 11) is 0. The molecule has 0 aliphatic carbocycles. The summed E-state index contributed by atoms with van der Waals surface area (Å²) in [5.41, 5.74) is 0.0519. The van der Waals surface area contributed by atoms with Crippen molar-refractivity contribution in [2.24, 2.45) is 0 Å². The Morgan fingerprint density at radius 3 is 2.19 bits per heavy atom. The first kappa shape index (κ1) is 24.1. The van der Waals surface area contributed by atoms with E-state index in [4.69, 9.17) is 9.47 Å². The molecule has 1 atom stereocenters. The molecule has 0 spiro atoms. The minimum Gasteiger partial charge on any atom is -0.462 e. The number of carbonyl (C=O) groups excluding carboxylic acids is 3. The number of hydrogen-bond donors (Lipinski definition) is 0. The first-order valence-corrected chi connectivity index (χ1v) is 9.71. The fourth-order valence-corrected chi connectivity index (χ4v) is 2.56. The van der Waals surface area contributed by atoms with Gasteiger partial charge in [0.2, 0.25) is 5.91 Å². The van der Waals surface area contributed by atoms with E-state index < -0.39 is 11.9 Å². The molecule has 6 heteroatoms. The van der Waals surface area contributed by atoms with Crippen molar-refractivity contribution in [2.45, 2.75) is 78.7 Å². The number of hydrogen-bond acceptors (Lipinski definition) is 5. The van der Waals surface area contributed by atoms with Crippen LogP contribution in [0.2, 0.25) is 0 Å². The SMILES string of the molecule is C=C(CC(=O)OC(CCC)CCCC)C(=O)OCCC(=O)N(CC)CC. The highest BCUT2D eigenvalue weighted by Crippen LogP contribution is 2.13. The van der Waals surface area contributed by atoms with Gasteiger partial charge in [-0.2, -0.15) is 0 Å². The summed E-state index contributed by atoms with van der Waals surface area (Å²) in [6.07, 6.45) is 4.46. The van der Waals surface area contributed by atoms with Crippen molar-refractivity contribution < 1.29 is 23.9 Å². The smallest absolute Gasteiger partial charge is 0.334 e. The maximum absolute atomic E-state index is 12.0. The van der Waals surface area contributed by atoms with Gasteiger partial charge in [-0.25, -0.2) is 4.79 Å². The summed E-state index contributed by atoms with van der Waals surface area (Å²) >= 11 is 0. The highest BCUT2D eigenvalue weighted by molar-refractivity contribution is 5.93. The van der Waals surface area contributed by atoms with Crippen LogP contribution in [0.3, 0.4) is 0 Å². The summed E-state index contributed by atoms with van der Waals surface area (Å²) in [5.74, 6) is -1.18. The second-order valence-electron chi connectivity index (χ2n) is 6.28. The van der Waals surface area contributed by atoms with E-state index in [1.165, 1.54) is 0 Å². The second kappa shape index (κ2) is 14.3. The van der Waals surface area contributed by atoms with Gasteiger partial charge in [0.1, 0.15) is 12.7 Å². The monoisotopic (exact) mass is 369 g/mol. The molecule has 1 amide bonds. The highest BCUT2D eigenvalue weighted by Gasteiger charge is 2.18. The number of nitrogens with zero attached hydrogens (tertiary/aromatic N) is 1. The number of amides is 1. The van der Waals surface area contributed by atoms with Gasteiger partial charge in [-0.15, -0.1) is 0 Å². The molecule has 1 unspecified atom stereocenters. The van der Waals surface area contributed by atoms with Crippen LogP contribution in [0.25, 0.3) is 0 Å². The van der Waals surface area contributed by atoms with Gasteiger partial charge in [0.25, 0.3) is 0 Å².